The van der Waals surface area contributed by atoms with E-state index >= 15 is 0 Å². The highest BCUT2D eigenvalue weighted by atomic mass is 16.1. The van der Waals surface area contributed by atoms with Gasteiger partial charge in [-0.25, -0.2) is 0 Å². The van der Waals surface area contributed by atoms with E-state index in [1.807, 2.05) is 26.1 Å². The number of hydrogen-bond acceptors (Lipinski definition) is 2. The molecule has 1 amide bonds. The largest absolute Gasteiger partial charge is 0.322 e. The van der Waals surface area contributed by atoms with E-state index in [1.54, 1.807) is 0 Å². The topological polar surface area (TPSA) is 42.0 Å². The Morgan fingerprint density at radius 2 is 1.95 bits per heavy atom. The molecule has 2 heterocycles. The second-order valence-corrected chi connectivity index (χ2v) is 6.50. The number of aromatic nitrogens is 1. The van der Waals surface area contributed by atoms with Crippen molar-refractivity contribution in [2.45, 2.75) is 51.9 Å². The Morgan fingerprint density at radius 1 is 1.24 bits per heavy atom. The predicted octanol–water partition coefficient (Wildman–Crippen LogP) is 3.72. The zero-order valence-electron chi connectivity index (χ0n) is 13.0. The lowest BCUT2D eigenvalue weighted by Gasteiger charge is -2.24. The molecule has 0 bridgehead atoms. The quantitative estimate of drug-likeness (QED) is 0.898. The highest BCUT2D eigenvalue weighted by molar-refractivity contribution is 6.00. The molecular formula is C18H22N2O. The third-order valence-corrected chi connectivity index (χ3v) is 5.03. The van der Waals surface area contributed by atoms with E-state index in [2.05, 4.69) is 29.4 Å². The minimum Gasteiger partial charge on any atom is -0.322 e. The maximum Gasteiger partial charge on any atom is 0.251 e. The van der Waals surface area contributed by atoms with Crippen molar-refractivity contribution in [3.05, 3.63) is 46.4 Å². The molecule has 1 aromatic heterocycles. The van der Waals surface area contributed by atoms with Gasteiger partial charge in [-0.1, -0.05) is 19.8 Å². The molecule has 3 rings (SSSR count). The summed E-state index contributed by atoms with van der Waals surface area (Å²) in [5.41, 5.74) is 5.25. The lowest BCUT2D eigenvalue weighted by Crippen LogP contribution is -2.17. The number of rotatable bonds is 2. The lowest BCUT2D eigenvalue weighted by molar-refractivity contribution is -0.116. The molecule has 1 fully saturated rings. The van der Waals surface area contributed by atoms with Crippen LogP contribution in [0.4, 0.5) is 0 Å². The SMILES string of the molecule is CC1=C(C)C(=Cc2cc(C3(C)CCCC3)ccn2)NC1=O. The van der Waals surface area contributed by atoms with Crippen molar-refractivity contribution >= 4 is 12.0 Å². The van der Waals surface area contributed by atoms with Crippen LogP contribution in [0.25, 0.3) is 6.08 Å². The average Bonchev–Trinajstić information content (AvgIpc) is 3.01. The zero-order chi connectivity index (χ0) is 15.0. The van der Waals surface area contributed by atoms with Crippen LogP contribution < -0.4 is 5.32 Å². The number of amides is 1. The maximum atomic E-state index is 11.7. The zero-order valence-corrected chi connectivity index (χ0v) is 13.0. The van der Waals surface area contributed by atoms with Crippen molar-refractivity contribution in [2.75, 3.05) is 0 Å². The fraction of sp³-hybridized carbons (Fsp3) is 0.444. The molecule has 110 valence electrons. The van der Waals surface area contributed by atoms with E-state index in [0.29, 0.717) is 0 Å². The van der Waals surface area contributed by atoms with Crippen LogP contribution in [0.3, 0.4) is 0 Å². The predicted molar refractivity (Wildman–Crippen MR) is 84.6 cm³/mol. The van der Waals surface area contributed by atoms with E-state index < -0.39 is 0 Å². The third kappa shape index (κ3) is 2.53. The Bertz CT molecular complexity index is 649. The first-order valence-corrected chi connectivity index (χ1v) is 7.67. The Kier molecular flexibility index (Phi) is 3.44. The van der Waals surface area contributed by atoms with E-state index in [9.17, 15) is 4.79 Å². The van der Waals surface area contributed by atoms with Gasteiger partial charge in [-0.2, -0.15) is 0 Å². The fourth-order valence-electron chi connectivity index (χ4n) is 3.32. The molecule has 0 saturated heterocycles. The highest BCUT2D eigenvalue weighted by Gasteiger charge is 2.30. The molecule has 3 nitrogen and oxygen atoms in total. The van der Waals surface area contributed by atoms with Gasteiger partial charge < -0.3 is 5.32 Å². The summed E-state index contributed by atoms with van der Waals surface area (Å²) in [5, 5.41) is 2.91. The summed E-state index contributed by atoms with van der Waals surface area (Å²) < 4.78 is 0. The minimum absolute atomic E-state index is 0.00217. The molecule has 1 N–H and O–H groups in total. The van der Waals surface area contributed by atoms with Crippen molar-refractivity contribution in [1.29, 1.82) is 0 Å². The van der Waals surface area contributed by atoms with Crippen LogP contribution in [-0.2, 0) is 10.2 Å². The summed E-state index contributed by atoms with van der Waals surface area (Å²) in [6.07, 6.45) is 8.99. The molecule has 0 radical (unpaired) electrons. The third-order valence-electron chi connectivity index (χ3n) is 5.03. The molecule has 1 aromatic rings. The van der Waals surface area contributed by atoms with Crippen molar-refractivity contribution < 1.29 is 4.79 Å². The number of carbonyl (C=O) groups is 1. The first-order chi connectivity index (χ1) is 9.99. The van der Waals surface area contributed by atoms with Gasteiger partial charge in [0.15, 0.2) is 0 Å². The molecule has 1 aliphatic heterocycles. The number of nitrogens with one attached hydrogen (secondary N) is 1. The standard InChI is InChI=1S/C18H22N2O/c1-12-13(2)17(21)20-16(12)11-15-10-14(6-9-19-15)18(3)7-4-5-8-18/h6,9-11H,4-5,7-8H2,1-3H3,(H,20,21). The maximum absolute atomic E-state index is 11.7. The number of carbonyl (C=O) groups excluding carboxylic acids is 1. The molecular weight excluding hydrogens is 260 g/mol. The van der Waals surface area contributed by atoms with E-state index in [-0.39, 0.29) is 11.3 Å². The molecule has 21 heavy (non-hydrogen) atoms. The Balaban J connectivity index is 1.93. The molecule has 0 atom stereocenters. The van der Waals surface area contributed by atoms with Crippen molar-refractivity contribution in [3.63, 3.8) is 0 Å². The second-order valence-electron chi connectivity index (χ2n) is 6.50. The number of hydrogen-bond donors (Lipinski definition) is 1. The molecule has 0 spiro atoms. The van der Waals surface area contributed by atoms with Gasteiger partial charge in [-0.15, -0.1) is 0 Å². The van der Waals surface area contributed by atoms with Crippen LogP contribution in [-0.4, -0.2) is 10.9 Å². The van der Waals surface area contributed by atoms with Crippen molar-refractivity contribution in [1.82, 2.24) is 10.3 Å². The van der Waals surface area contributed by atoms with Gasteiger partial charge in [0.1, 0.15) is 0 Å². The first kappa shape index (κ1) is 14.1. The smallest absolute Gasteiger partial charge is 0.251 e. The average molecular weight is 282 g/mol. The normalized spacial score (nSPS) is 23.0. The molecule has 1 saturated carbocycles. The Morgan fingerprint density at radius 3 is 2.57 bits per heavy atom. The Labute approximate surface area is 126 Å². The number of pyridine rings is 1. The van der Waals surface area contributed by atoms with Crippen LogP contribution in [0.2, 0.25) is 0 Å². The van der Waals surface area contributed by atoms with Crippen LogP contribution in [0.15, 0.2) is 35.2 Å². The van der Waals surface area contributed by atoms with Gasteiger partial charge in [-0.05, 0) is 61.4 Å². The summed E-state index contributed by atoms with van der Waals surface area (Å²) >= 11 is 0. The highest BCUT2D eigenvalue weighted by Crippen LogP contribution is 2.40. The molecule has 0 unspecified atom stereocenters. The summed E-state index contributed by atoms with van der Waals surface area (Å²) in [7, 11) is 0. The fourth-order valence-corrected chi connectivity index (χ4v) is 3.32. The van der Waals surface area contributed by atoms with E-state index in [4.69, 9.17) is 0 Å². The van der Waals surface area contributed by atoms with Gasteiger partial charge in [0.05, 0.1) is 5.69 Å². The van der Waals surface area contributed by atoms with Crippen LogP contribution in [0, 0.1) is 0 Å². The van der Waals surface area contributed by atoms with Gasteiger partial charge in [0, 0.05) is 17.5 Å². The van der Waals surface area contributed by atoms with Crippen LogP contribution >= 0.6 is 0 Å². The first-order valence-electron chi connectivity index (χ1n) is 7.67. The van der Waals surface area contributed by atoms with E-state index in [0.717, 1.165) is 22.5 Å². The van der Waals surface area contributed by atoms with Crippen molar-refractivity contribution in [3.8, 4) is 0 Å². The second kappa shape index (κ2) is 5.14. The summed E-state index contributed by atoms with van der Waals surface area (Å²) in [5.74, 6) is -0.00217. The molecule has 1 aliphatic carbocycles. The summed E-state index contributed by atoms with van der Waals surface area (Å²) in [6.45, 7) is 6.18. The van der Waals surface area contributed by atoms with Gasteiger partial charge in [0.2, 0.25) is 0 Å². The minimum atomic E-state index is -0.00217. The summed E-state index contributed by atoms with van der Waals surface area (Å²) in [4.78, 5) is 16.1. The summed E-state index contributed by atoms with van der Waals surface area (Å²) in [6, 6.07) is 4.31. The van der Waals surface area contributed by atoms with Crippen LogP contribution in [0.1, 0.15) is 57.7 Å². The van der Waals surface area contributed by atoms with Crippen LogP contribution in [0.5, 0.6) is 0 Å². The van der Waals surface area contributed by atoms with Gasteiger partial charge in [-0.3, -0.25) is 9.78 Å². The Hall–Kier alpha value is -1.90. The lowest BCUT2D eigenvalue weighted by atomic mass is 9.81. The number of allylic oxidation sites excluding steroid dienone is 1. The van der Waals surface area contributed by atoms with Gasteiger partial charge >= 0.3 is 0 Å². The monoisotopic (exact) mass is 282 g/mol. The van der Waals surface area contributed by atoms with E-state index in [1.165, 1.54) is 31.2 Å². The number of nitrogens with zero attached hydrogens (tertiary/aromatic N) is 1. The molecule has 0 aromatic carbocycles. The molecule has 3 heteroatoms. The molecule has 2 aliphatic rings. The van der Waals surface area contributed by atoms with Gasteiger partial charge in [0.25, 0.3) is 5.91 Å². The van der Waals surface area contributed by atoms with Crippen molar-refractivity contribution in [2.24, 2.45) is 0 Å².